The molecule has 0 radical (unpaired) electrons. The summed E-state index contributed by atoms with van der Waals surface area (Å²) in [7, 11) is 1.77. The molecule has 19 heavy (non-hydrogen) atoms. The second kappa shape index (κ2) is 7.99. The minimum absolute atomic E-state index is 0.0610. The van der Waals surface area contributed by atoms with E-state index in [1.165, 1.54) is 0 Å². The molecule has 1 aliphatic heterocycles. The minimum Gasteiger partial charge on any atom is -0.481 e. The highest BCUT2D eigenvalue weighted by Gasteiger charge is 2.30. The van der Waals surface area contributed by atoms with Gasteiger partial charge in [-0.25, -0.2) is 4.79 Å². The van der Waals surface area contributed by atoms with Crippen LogP contribution in [0.3, 0.4) is 0 Å². The average molecular weight is 272 g/mol. The lowest BCUT2D eigenvalue weighted by Crippen LogP contribution is -2.53. The molecule has 6 heteroatoms. The van der Waals surface area contributed by atoms with Gasteiger partial charge in [-0.15, -0.1) is 0 Å². The SMILES string of the molecule is CCCCCN(C)C(=O)N1CCOCC1CC(=O)O. The number of amides is 2. The zero-order valence-electron chi connectivity index (χ0n) is 11.8. The second-order valence-electron chi connectivity index (χ2n) is 4.93. The summed E-state index contributed by atoms with van der Waals surface area (Å²) in [4.78, 5) is 26.4. The van der Waals surface area contributed by atoms with E-state index >= 15 is 0 Å². The zero-order chi connectivity index (χ0) is 14.3. The normalized spacial score (nSPS) is 19.3. The van der Waals surface area contributed by atoms with Crippen LogP contribution < -0.4 is 0 Å². The van der Waals surface area contributed by atoms with Crippen LogP contribution in [-0.2, 0) is 9.53 Å². The van der Waals surface area contributed by atoms with Gasteiger partial charge in [-0.3, -0.25) is 4.79 Å². The third kappa shape index (κ3) is 5.06. The molecule has 1 rings (SSSR count). The molecule has 1 heterocycles. The van der Waals surface area contributed by atoms with Crippen molar-refractivity contribution >= 4 is 12.0 Å². The quantitative estimate of drug-likeness (QED) is 0.742. The summed E-state index contributed by atoms with van der Waals surface area (Å²) in [5.41, 5.74) is 0. The molecule has 1 fully saturated rings. The lowest BCUT2D eigenvalue weighted by atomic mass is 10.1. The fourth-order valence-corrected chi connectivity index (χ4v) is 2.19. The molecule has 1 atom stereocenters. The minimum atomic E-state index is -0.901. The molecule has 6 nitrogen and oxygen atoms in total. The average Bonchev–Trinajstić information content (AvgIpc) is 2.38. The van der Waals surface area contributed by atoms with Gasteiger partial charge < -0.3 is 19.6 Å². The molecule has 0 spiro atoms. The van der Waals surface area contributed by atoms with Gasteiger partial charge in [-0.05, 0) is 6.42 Å². The Labute approximate surface area is 114 Å². The highest BCUT2D eigenvalue weighted by molar-refractivity contribution is 5.76. The Morgan fingerprint density at radius 2 is 2.16 bits per heavy atom. The predicted octanol–water partition coefficient (Wildman–Crippen LogP) is 1.40. The number of carbonyl (C=O) groups excluding carboxylic acids is 1. The topological polar surface area (TPSA) is 70.1 Å². The van der Waals surface area contributed by atoms with Crippen molar-refractivity contribution in [3.8, 4) is 0 Å². The van der Waals surface area contributed by atoms with E-state index < -0.39 is 5.97 Å². The van der Waals surface area contributed by atoms with Gasteiger partial charge in [0.1, 0.15) is 0 Å². The summed E-state index contributed by atoms with van der Waals surface area (Å²) < 4.78 is 5.27. The molecule has 0 saturated carbocycles. The van der Waals surface area contributed by atoms with Gasteiger partial charge >= 0.3 is 12.0 Å². The van der Waals surface area contributed by atoms with E-state index in [9.17, 15) is 9.59 Å². The summed E-state index contributed by atoms with van der Waals surface area (Å²) in [5, 5.41) is 8.87. The molecule has 0 aliphatic carbocycles. The Hall–Kier alpha value is -1.30. The van der Waals surface area contributed by atoms with Crippen LogP contribution in [0.1, 0.15) is 32.6 Å². The van der Waals surface area contributed by atoms with E-state index in [1.54, 1.807) is 16.8 Å². The van der Waals surface area contributed by atoms with Crippen LogP contribution in [0.15, 0.2) is 0 Å². The summed E-state index contributed by atoms with van der Waals surface area (Å²) in [6.07, 6.45) is 3.13. The number of hydrogen-bond acceptors (Lipinski definition) is 3. The molecular formula is C13H24N2O4. The first-order valence-corrected chi connectivity index (χ1v) is 6.87. The molecule has 1 unspecified atom stereocenters. The number of carboxylic acid groups (broad SMARTS) is 1. The number of urea groups is 1. The third-order valence-corrected chi connectivity index (χ3v) is 3.31. The number of carbonyl (C=O) groups is 2. The van der Waals surface area contributed by atoms with E-state index in [1.807, 2.05) is 0 Å². The lowest BCUT2D eigenvalue weighted by Gasteiger charge is -2.37. The van der Waals surface area contributed by atoms with Crippen molar-refractivity contribution < 1.29 is 19.4 Å². The monoisotopic (exact) mass is 272 g/mol. The number of carboxylic acids is 1. The Kier molecular flexibility index (Phi) is 6.62. The van der Waals surface area contributed by atoms with Crippen molar-refractivity contribution in [2.75, 3.05) is 33.4 Å². The summed E-state index contributed by atoms with van der Waals surface area (Å²) in [6.45, 7) is 4.08. The Morgan fingerprint density at radius 3 is 2.79 bits per heavy atom. The van der Waals surface area contributed by atoms with Crippen molar-refractivity contribution in [1.29, 1.82) is 0 Å². The van der Waals surface area contributed by atoms with Crippen molar-refractivity contribution in [2.45, 2.75) is 38.6 Å². The molecule has 2 amide bonds. The second-order valence-corrected chi connectivity index (χ2v) is 4.93. The zero-order valence-corrected chi connectivity index (χ0v) is 11.8. The highest BCUT2D eigenvalue weighted by atomic mass is 16.5. The maximum absolute atomic E-state index is 12.3. The number of aliphatic carboxylic acids is 1. The van der Waals surface area contributed by atoms with Crippen LogP contribution >= 0.6 is 0 Å². The first-order chi connectivity index (χ1) is 9.06. The molecule has 110 valence electrons. The Morgan fingerprint density at radius 1 is 1.42 bits per heavy atom. The van der Waals surface area contributed by atoms with Crippen LogP contribution in [0, 0.1) is 0 Å². The molecule has 1 saturated heterocycles. The van der Waals surface area contributed by atoms with Gasteiger partial charge in [0.15, 0.2) is 0 Å². The molecule has 0 aromatic carbocycles. The summed E-state index contributed by atoms with van der Waals surface area (Å²) in [5.74, 6) is -0.901. The number of nitrogens with zero attached hydrogens (tertiary/aromatic N) is 2. The van der Waals surface area contributed by atoms with E-state index in [-0.39, 0.29) is 18.5 Å². The van der Waals surface area contributed by atoms with Gasteiger partial charge in [0.2, 0.25) is 0 Å². The standard InChI is InChI=1S/C13H24N2O4/c1-3-4-5-6-14(2)13(18)15-7-8-19-10-11(15)9-12(16)17/h11H,3-10H2,1-2H3,(H,16,17). The van der Waals surface area contributed by atoms with Gasteiger partial charge in [0.25, 0.3) is 0 Å². The van der Waals surface area contributed by atoms with Crippen LogP contribution in [0.5, 0.6) is 0 Å². The highest BCUT2D eigenvalue weighted by Crippen LogP contribution is 2.13. The number of hydrogen-bond donors (Lipinski definition) is 1. The lowest BCUT2D eigenvalue weighted by molar-refractivity contribution is -0.139. The first-order valence-electron chi connectivity index (χ1n) is 6.87. The predicted molar refractivity (Wildman–Crippen MR) is 71.1 cm³/mol. The largest absolute Gasteiger partial charge is 0.481 e. The van der Waals surface area contributed by atoms with Crippen LogP contribution in [0.4, 0.5) is 4.79 Å². The molecule has 0 bridgehead atoms. The number of ether oxygens (including phenoxy) is 1. The van der Waals surface area contributed by atoms with Crippen molar-refractivity contribution in [3.05, 3.63) is 0 Å². The van der Waals surface area contributed by atoms with Crippen molar-refractivity contribution in [1.82, 2.24) is 9.80 Å². The van der Waals surface area contributed by atoms with Gasteiger partial charge in [0, 0.05) is 20.1 Å². The number of morpholine rings is 1. The van der Waals surface area contributed by atoms with Gasteiger partial charge in [-0.2, -0.15) is 0 Å². The summed E-state index contributed by atoms with van der Waals surface area (Å²) >= 11 is 0. The molecular weight excluding hydrogens is 248 g/mol. The van der Waals surface area contributed by atoms with E-state index in [0.717, 1.165) is 19.3 Å². The van der Waals surface area contributed by atoms with Crippen molar-refractivity contribution in [2.24, 2.45) is 0 Å². The fourth-order valence-electron chi connectivity index (χ4n) is 2.19. The van der Waals surface area contributed by atoms with Gasteiger partial charge in [0.05, 0.1) is 25.7 Å². The first kappa shape index (κ1) is 15.8. The van der Waals surface area contributed by atoms with Crippen LogP contribution in [0.2, 0.25) is 0 Å². The Balaban J connectivity index is 2.53. The van der Waals surface area contributed by atoms with Crippen molar-refractivity contribution in [3.63, 3.8) is 0 Å². The van der Waals surface area contributed by atoms with E-state index in [4.69, 9.17) is 9.84 Å². The van der Waals surface area contributed by atoms with E-state index in [2.05, 4.69) is 6.92 Å². The Bertz CT molecular complexity index is 309. The summed E-state index contributed by atoms with van der Waals surface area (Å²) in [6, 6.07) is -0.446. The number of unbranched alkanes of at least 4 members (excludes halogenated alkanes) is 2. The van der Waals surface area contributed by atoms with E-state index in [0.29, 0.717) is 26.3 Å². The third-order valence-electron chi connectivity index (χ3n) is 3.31. The smallest absolute Gasteiger partial charge is 0.320 e. The molecule has 0 aromatic rings. The van der Waals surface area contributed by atoms with Crippen LogP contribution in [-0.4, -0.2) is 66.3 Å². The fraction of sp³-hybridized carbons (Fsp3) is 0.846. The van der Waals surface area contributed by atoms with Crippen LogP contribution in [0.25, 0.3) is 0 Å². The maximum Gasteiger partial charge on any atom is 0.320 e. The molecule has 0 aromatic heterocycles. The maximum atomic E-state index is 12.3. The molecule has 1 aliphatic rings. The van der Waals surface area contributed by atoms with Gasteiger partial charge in [-0.1, -0.05) is 19.8 Å². The molecule has 1 N–H and O–H groups in total. The number of rotatable bonds is 6.